The van der Waals surface area contributed by atoms with E-state index in [4.69, 9.17) is 19.3 Å². The Labute approximate surface area is 260 Å². The van der Waals surface area contributed by atoms with Crippen LogP contribution >= 0.6 is 0 Å². The Kier molecular flexibility index (Phi) is 10.9. The van der Waals surface area contributed by atoms with Gasteiger partial charge in [0.05, 0.1) is 35.8 Å². The number of ether oxygens (including phenoxy) is 3. The highest BCUT2D eigenvalue weighted by molar-refractivity contribution is 5.95. The largest absolute Gasteiger partial charge is 0.478 e. The number of aliphatic hydroxyl groups is 1. The van der Waals surface area contributed by atoms with Gasteiger partial charge in [-0.25, -0.2) is 28.5 Å². The highest BCUT2D eigenvalue weighted by atomic mass is 19.1. The minimum absolute atomic E-state index is 0.0150. The lowest BCUT2D eigenvalue weighted by molar-refractivity contribution is 0.0503. The molecule has 1 aliphatic carbocycles. The Hall–Kier alpha value is -3.41. The summed E-state index contributed by atoms with van der Waals surface area (Å²) < 4.78 is 34.1. The summed E-state index contributed by atoms with van der Waals surface area (Å²) in [4.78, 5) is 31.0. The van der Waals surface area contributed by atoms with Crippen LogP contribution in [0.4, 0.5) is 25.5 Å². The molecule has 0 saturated heterocycles. The minimum atomic E-state index is -0.854. The first-order chi connectivity index (χ1) is 20.2. The Bertz CT molecular complexity index is 1290. The molecule has 1 saturated carbocycles. The minimum Gasteiger partial charge on any atom is -0.478 e. The maximum atomic E-state index is 15.5. The van der Waals surface area contributed by atoms with Crippen molar-refractivity contribution < 1.29 is 33.3 Å². The van der Waals surface area contributed by atoms with Crippen LogP contribution in [0.1, 0.15) is 113 Å². The van der Waals surface area contributed by atoms with Crippen molar-refractivity contribution in [2.24, 2.45) is 0 Å². The number of halogens is 1. The quantitative estimate of drug-likeness (QED) is 0.289. The van der Waals surface area contributed by atoms with Crippen LogP contribution in [0.2, 0.25) is 0 Å². The first-order valence-electron chi connectivity index (χ1n) is 15.3. The van der Waals surface area contributed by atoms with Gasteiger partial charge in [0.2, 0.25) is 5.88 Å². The molecule has 2 amide bonds. The third-order valence-corrected chi connectivity index (χ3v) is 6.82. The van der Waals surface area contributed by atoms with Gasteiger partial charge in [-0.1, -0.05) is 0 Å². The van der Waals surface area contributed by atoms with E-state index >= 15 is 4.39 Å². The molecule has 0 bridgehead atoms. The number of aliphatic hydroxyl groups excluding tert-OH is 1. The average molecular weight is 620 g/mol. The summed E-state index contributed by atoms with van der Waals surface area (Å²) in [6.45, 7) is 18.6. The van der Waals surface area contributed by atoms with Gasteiger partial charge >= 0.3 is 12.2 Å². The second kappa shape index (κ2) is 13.7. The monoisotopic (exact) mass is 619 g/mol. The molecule has 0 radical (unpaired) electrons. The topological polar surface area (TPSA) is 128 Å². The lowest BCUT2D eigenvalue weighted by atomic mass is 10.0. The van der Waals surface area contributed by atoms with Crippen molar-refractivity contribution in [1.82, 2.24) is 20.1 Å². The standard InChI is InChI=1S/C32H50FN5O6/c1-20(35-28(40)43-31(5,6)7)12-11-15-42-26-18-25(23(33)19-34-26)37(29(41)44-32(8,9)10)27-17-24(21-13-14-22(39)16-21)36-38(27)30(2,3)4/h17-22,39H,11-16H2,1-10H3,(H,35,40)/t20-,21-,22+/m0/s1. The van der Waals surface area contributed by atoms with Gasteiger partial charge in [0.1, 0.15) is 17.0 Å². The van der Waals surface area contributed by atoms with Crippen LogP contribution in [0.5, 0.6) is 5.88 Å². The lowest BCUT2D eigenvalue weighted by Gasteiger charge is -2.30. The SMILES string of the molecule is C[C@@H](CCCOc1cc(N(C(=O)OC(C)(C)C)c2cc([C@H]3CC[C@@H](O)C3)nn2C(C)(C)C)c(F)cn1)NC(=O)OC(C)(C)C. The van der Waals surface area contributed by atoms with Crippen LogP contribution < -0.4 is 15.0 Å². The van der Waals surface area contributed by atoms with Gasteiger partial charge in [0, 0.05) is 24.1 Å². The van der Waals surface area contributed by atoms with Gasteiger partial charge in [-0.2, -0.15) is 5.10 Å². The highest BCUT2D eigenvalue weighted by Crippen LogP contribution is 2.40. The molecule has 0 spiro atoms. The number of carbonyl (C=O) groups is 2. The zero-order valence-electron chi connectivity index (χ0n) is 27.9. The molecule has 246 valence electrons. The first kappa shape index (κ1) is 35.1. The molecule has 3 rings (SSSR count). The fourth-order valence-corrected chi connectivity index (χ4v) is 4.90. The van der Waals surface area contributed by atoms with Crippen molar-refractivity contribution >= 4 is 23.7 Å². The van der Waals surface area contributed by atoms with Crippen molar-refractivity contribution in [2.45, 2.75) is 136 Å². The second-order valence-electron chi connectivity index (χ2n) is 14.5. The summed E-state index contributed by atoms with van der Waals surface area (Å²) in [5.74, 6) is -0.260. The van der Waals surface area contributed by atoms with Gasteiger partial charge in [-0.15, -0.1) is 0 Å². The molecule has 0 unspecified atom stereocenters. The molecule has 2 N–H and O–H groups in total. The molecule has 2 aromatic heterocycles. The second-order valence-corrected chi connectivity index (χ2v) is 14.5. The van der Waals surface area contributed by atoms with Crippen LogP contribution in [-0.4, -0.2) is 62.0 Å². The summed E-state index contributed by atoms with van der Waals surface area (Å²) in [5, 5.41) is 17.8. The molecule has 44 heavy (non-hydrogen) atoms. The Morgan fingerprint density at radius 3 is 2.32 bits per heavy atom. The summed E-state index contributed by atoms with van der Waals surface area (Å²) in [5.41, 5.74) is -1.38. The fourth-order valence-electron chi connectivity index (χ4n) is 4.90. The first-order valence-corrected chi connectivity index (χ1v) is 15.3. The maximum Gasteiger partial charge on any atom is 0.420 e. The number of nitrogens with zero attached hydrogens (tertiary/aromatic N) is 4. The highest BCUT2D eigenvalue weighted by Gasteiger charge is 2.35. The lowest BCUT2D eigenvalue weighted by Crippen LogP contribution is -2.37. The van der Waals surface area contributed by atoms with Gasteiger partial charge in [-0.05, 0) is 101 Å². The third-order valence-electron chi connectivity index (χ3n) is 6.82. The van der Waals surface area contributed by atoms with E-state index in [-0.39, 0.29) is 30.1 Å². The number of aromatic nitrogens is 3. The summed E-state index contributed by atoms with van der Waals surface area (Å²) in [7, 11) is 0. The number of hydrogen-bond donors (Lipinski definition) is 2. The number of anilines is 2. The van der Waals surface area contributed by atoms with Crippen LogP contribution in [0, 0.1) is 5.82 Å². The molecule has 11 nitrogen and oxygen atoms in total. The van der Waals surface area contributed by atoms with Crippen molar-refractivity contribution in [2.75, 3.05) is 11.5 Å². The molecule has 0 aliphatic heterocycles. The number of pyridine rings is 1. The molecule has 1 aliphatic rings. The summed E-state index contributed by atoms with van der Waals surface area (Å²) >= 11 is 0. The van der Waals surface area contributed by atoms with E-state index in [0.29, 0.717) is 31.5 Å². The van der Waals surface area contributed by atoms with Crippen LogP contribution in [-0.2, 0) is 15.0 Å². The van der Waals surface area contributed by atoms with Crippen molar-refractivity contribution in [3.05, 3.63) is 29.8 Å². The van der Waals surface area contributed by atoms with Crippen molar-refractivity contribution in [1.29, 1.82) is 0 Å². The van der Waals surface area contributed by atoms with E-state index in [1.165, 1.54) is 11.0 Å². The molecular weight excluding hydrogens is 569 g/mol. The number of hydrogen-bond acceptors (Lipinski definition) is 8. The van der Waals surface area contributed by atoms with Gasteiger partial charge in [-0.3, -0.25) is 0 Å². The van der Waals surface area contributed by atoms with Crippen molar-refractivity contribution in [3.63, 3.8) is 0 Å². The number of carbonyl (C=O) groups excluding carboxylic acids is 2. The Balaban J connectivity index is 1.87. The molecule has 2 heterocycles. The molecule has 2 aromatic rings. The normalized spacial score (nSPS) is 18.1. The Morgan fingerprint density at radius 2 is 1.75 bits per heavy atom. The van der Waals surface area contributed by atoms with E-state index in [2.05, 4.69) is 10.3 Å². The number of rotatable bonds is 9. The predicted molar refractivity (Wildman–Crippen MR) is 166 cm³/mol. The van der Waals surface area contributed by atoms with Gasteiger partial charge in [0.25, 0.3) is 0 Å². The Morgan fingerprint density at radius 1 is 1.09 bits per heavy atom. The summed E-state index contributed by atoms with van der Waals surface area (Å²) in [6, 6.07) is 3.00. The van der Waals surface area contributed by atoms with E-state index in [1.54, 1.807) is 52.3 Å². The van der Waals surface area contributed by atoms with Gasteiger partial charge < -0.3 is 24.6 Å². The summed E-state index contributed by atoms with van der Waals surface area (Å²) in [6.07, 6.45) is 2.55. The number of alkyl carbamates (subject to hydrolysis) is 1. The van der Waals surface area contributed by atoms with Crippen molar-refractivity contribution in [3.8, 4) is 5.88 Å². The van der Waals surface area contributed by atoms with Gasteiger partial charge in [0.15, 0.2) is 5.82 Å². The molecule has 12 heteroatoms. The van der Waals surface area contributed by atoms with E-state index < -0.39 is 40.8 Å². The third kappa shape index (κ3) is 10.1. The fraction of sp³-hybridized carbons (Fsp3) is 0.688. The average Bonchev–Trinajstić information content (AvgIpc) is 3.48. The number of nitrogens with one attached hydrogen (secondary N) is 1. The molecule has 1 fully saturated rings. The number of amides is 2. The molecule has 3 atom stereocenters. The van der Waals surface area contributed by atoms with E-state index in [9.17, 15) is 14.7 Å². The maximum absolute atomic E-state index is 15.5. The van der Waals surface area contributed by atoms with E-state index in [1.807, 2.05) is 27.7 Å². The predicted octanol–water partition coefficient (Wildman–Crippen LogP) is 6.95. The molecule has 0 aromatic carbocycles. The van der Waals surface area contributed by atoms with Crippen LogP contribution in [0.15, 0.2) is 18.3 Å². The zero-order valence-corrected chi connectivity index (χ0v) is 27.9. The smallest absolute Gasteiger partial charge is 0.420 e. The zero-order chi connectivity index (χ0) is 33.0. The van der Waals surface area contributed by atoms with Crippen LogP contribution in [0.3, 0.4) is 0 Å². The van der Waals surface area contributed by atoms with Crippen LogP contribution in [0.25, 0.3) is 0 Å². The van der Waals surface area contributed by atoms with E-state index in [0.717, 1.165) is 18.3 Å². The molecular formula is C32H50FN5O6.